The first kappa shape index (κ1) is 30.2. The maximum atomic E-state index is 13.0. The smallest absolute Gasteiger partial charge is 0.407 e. The molecule has 2 amide bonds. The summed E-state index contributed by atoms with van der Waals surface area (Å²) in [7, 11) is 1.55. The number of nitrogens with one attached hydrogen (secondary N) is 3. The van der Waals surface area contributed by atoms with Gasteiger partial charge in [0.25, 0.3) is 0 Å². The normalized spacial score (nSPS) is 11.7. The zero-order valence-electron chi connectivity index (χ0n) is 23.1. The molecule has 0 unspecified atom stereocenters. The van der Waals surface area contributed by atoms with E-state index >= 15 is 0 Å². The first-order chi connectivity index (χ1) is 20.5. The van der Waals surface area contributed by atoms with Crippen LogP contribution in [0.15, 0.2) is 85.2 Å². The lowest BCUT2D eigenvalue weighted by atomic mass is 10.1. The van der Waals surface area contributed by atoms with Gasteiger partial charge in [0, 0.05) is 42.5 Å². The number of benzene rings is 3. The lowest BCUT2D eigenvalue weighted by Gasteiger charge is -2.20. The summed E-state index contributed by atoms with van der Waals surface area (Å²) < 4.78 is 11.4. The molecule has 3 aromatic carbocycles. The lowest BCUT2D eigenvalue weighted by Crippen LogP contribution is -2.40. The third-order valence-electron chi connectivity index (χ3n) is 6.13. The van der Waals surface area contributed by atoms with Crippen molar-refractivity contribution < 1.29 is 19.1 Å². The van der Waals surface area contributed by atoms with E-state index in [-0.39, 0.29) is 18.6 Å². The average Bonchev–Trinajstić information content (AvgIpc) is 3.54. The van der Waals surface area contributed by atoms with E-state index in [0.29, 0.717) is 42.4 Å². The van der Waals surface area contributed by atoms with Gasteiger partial charge in [-0.05, 0) is 64.4 Å². The number of carbonyl (C=O) groups is 2. The summed E-state index contributed by atoms with van der Waals surface area (Å²) in [5.74, 6) is -0.251. The number of methoxy groups -OCH3 is 1. The van der Waals surface area contributed by atoms with Gasteiger partial charge in [0.1, 0.15) is 12.9 Å². The largest absolute Gasteiger partial charge is 0.447 e. The van der Waals surface area contributed by atoms with Gasteiger partial charge in [0.05, 0.1) is 18.3 Å². The van der Waals surface area contributed by atoms with Gasteiger partial charge in [-0.3, -0.25) is 4.79 Å². The van der Waals surface area contributed by atoms with Crippen molar-refractivity contribution >= 4 is 35.4 Å². The van der Waals surface area contributed by atoms with Gasteiger partial charge in [-0.25, -0.2) is 4.79 Å². The van der Waals surface area contributed by atoms with E-state index in [0.717, 1.165) is 16.8 Å². The predicted octanol–water partition coefficient (Wildman–Crippen LogP) is 4.04. The summed E-state index contributed by atoms with van der Waals surface area (Å²) in [6, 6.07) is 22.7. The van der Waals surface area contributed by atoms with Crippen LogP contribution in [-0.4, -0.2) is 65.1 Å². The average molecular weight is 590 g/mol. The Bertz CT molecular complexity index is 1450. The molecule has 218 valence electrons. The quantitative estimate of drug-likeness (QED) is 0.148. The van der Waals surface area contributed by atoms with Crippen LogP contribution in [-0.2, 0) is 27.2 Å². The van der Waals surface area contributed by atoms with Crippen molar-refractivity contribution in [2.75, 3.05) is 32.2 Å². The Hall–Kier alpha value is -4.74. The van der Waals surface area contributed by atoms with Crippen LogP contribution < -0.4 is 16.0 Å². The molecular formula is C30H32ClN7O4. The van der Waals surface area contributed by atoms with Crippen LogP contribution in [0, 0.1) is 0 Å². The molecule has 0 radical (unpaired) electrons. The standard InChI is InChI=1S/C30H32ClN7O4/c1-41-15-16-42-30(40)33-19-23-7-11-26(12-8-23)32-20-27(17-22-5-3-2-4-6-22)35-29(39)14-9-24-18-25(31)10-13-28(24)38-21-34-36-37-38/h2-14,18,21,27,32H,15-17,19-20H2,1H3,(H,33,40)(H,35,39)/b14-9+/t27-/m0/s1. The third kappa shape index (κ3) is 9.72. The summed E-state index contributed by atoms with van der Waals surface area (Å²) >= 11 is 6.20. The Balaban J connectivity index is 1.36. The second-order valence-corrected chi connectivity index (χ2v) is 9.68. The van der Waals surface area contributed by atoms with Crippen molar-refractivity contribution in [3.8, 4) is 5.69 Å². The number of aromatic nitrogens is 4. The van der Waals surface area contributed by atoms with Gasteiger partial charge in [-0.1, -0.05) is 54.1 Å². The molecule has 0 fully saturated rings. The number of anilines is 1. The fourth-order valence-corrected chi connectivity index (χ4v) is 4.23. The van der Waals surface area contributed by atoms with Crippen molar-refractivity contribution in [1.29, 1.82) is 0 Å². The fraction of sp³-hybridized carbons (Fsp3) is 0.233. The van der Waals surface area contributed by atoms with E-state index in [4.69, 9.17) is 21.1 Å². The number of rotatable bonds is 14. The van der Waals surface area contributed by atoms with Gasteiger partial charge in [-0.2, -0.15) is 4.68 Å². The maximum Gasteiger partial charge on any atom is 0.407 e. The molecule has 12 heteroatoms. The summed E-state index contributed by atoms with van der Waals surface area (Å²) in [6.07, 6.45) is 4.77. The number of tetrazole rings is 1. The monoisotopic (exact) mass is 589 g/mol. The first-order valence-electron chi connectivity index (χ1n) is 13.3. The number of amides is 2. The summed E-state index contributed by atoms with van der Waals surface area (Å²) in [6.45, 7) is 1.38. The van der Waals surface area contributed by atoms with Crippen LogP contribution >= 0.6 is 11.6 Å². The Morgan fingerprint density at radius 2 is 1.83 bits per heavy atom. The zero-order chi connectivity index (χ0) is 29.6. The maximum absolute atomic E-state index is 13.0. The number of carbonyl (C=O) groups excluding carboxylic acids is 2. The summed E-state index contributed by atoms with van der Waals surface area (Å²) in [5.41, 5.74) is 4.29. The highest BCUT2D eigenvalue weighted by Gasteiger charge is 2.13. The molecule has 0 aliphatic rings. The zero-order valence-corrected chi connectivity index (χ0v) is 23.8. The van der Waals surface area contributed by atoms with E-state index in [1.165, 1.54) is 17.1 Å². The Morgan fingerprint density at radius 3 is 2.57 bits per heavy atom. The van der Waals surface area contributed by atoms with E-state index in [2.05, 4.69) is 31.5 Å². The number of nitrogens with zero attached hydrogens (tertiary/aromatic N) is 4. The van der Waals surface area contributed by atoms with Crippen LogP contribution in [0.2, 0.25) is 5.02 Å². The minimum absolute atomic E-state index is 0.198. The lowest BCUT2D eigenvalue weighted by molar-refractivity contribution is -0.117. The summed E-state index contributed by atoms with van der Waals surface area (Å²) in [4.78, 5) is 24.7. The number of halogens is 1. The van der Waals surface area contributed by atoms with Crippen molar-refractivity contribution in [3.05, 3.63) is 107 Å². The predicted molar refractivity (Wildman–Crippen MR) is 160 cm³/mol. The van der Waals surface area contributed by atoms with Crippen LogP contribution in [0.25, 0.3) is 11.8 Å². The number of ether oxygens (including phenoxy) is 2. The molecule has 0 bridgehead atoms. The van der Waals surface area contributed by atoms with Crippen LogP contribution in [0.3, 0.4) is 0 Å². The number of hydrogen-bond donors (Lipinski definition) is 3. The Labute approximate surface area is 248 Å². The highest BCUT2D eigenvalue weighted by atomic mass is 35.5. The molecule has 0 spiro atoms. The van der Waals surface area contributed by atoms with Crippen LogP contribution in [0.5, 0.6) is 0 Å². The molecule has 1 heterocycles. The highest BCUT2D eigenvalue weighted by Crippen LogP contribution is 2.20. The topological polar surface area (TPSA) is 132 Å². The van der Waals surface area contributed by atoms with E-state index < -0.39 is 6.09 Å². The van der Waals surface area contributed by atoms with Crippen LogP contribution in [0.1, 0.15) is 16.7 Å². The molecule has 4 aromatic rings. The van der Waals surface area contributed by atoms with Gasteiger partial charge >= 0.3 is 6.09 Å². The second-order valence-electron chi connectivity index (χ2n) is 9.25. The van der Waals surface area contributed by atoms with Gasteiger partial charge in [0.15, 0.2) is 0 Å². The van der Waals surface area contributed by atoms with E-state index in [1.54, 1.807) is 31.4 Å². The van der Waals surface area contributed by atoms with E-state index in [1.807, 2.05) is 54.6 Å². The highest BCUT2D eigenvalue weighted by molar-refractivity contribution is 6.30. The molecule has 3 N–H and O–H groups in total. The van der Waals surface area contributed by atoms with Crippen LogP contribution in [0.4, 0.5) is 10.5 Å². The number of alkyl carbamates (subject to hydrolysis) is 1. The molecule has 0 aliphatic heterocycles. The minimum Gasteiger partial charge on any atom is -0.447 e. The Morgan fingerprint density at radius 1 is 1.02 bits per heavy atom. The molecule has 0 saturated carbocycles. The second kappa shape index (κ2) is 15.9. The minimum atomic E-state index is -0.496. The molecule has 4 rings (SSSR count). The molecule has 0 aliphatic carbocycles. The molecule has 0 saturated heterocycles. The molecular weight excluding hydrogens is 558 g/mol. The van der Waals surface area contributed by atoms with E-state index in [9.17, 15) is 9.59 Å². The molecule has 1 atom stereocenters. The third-order valence-corrected chi connectivity index (χ3v) is 6.37. The van der Waals surface area contributed by atoms with Crippen molar-refractivity contribution in [1.82, 2.24) is 30.8 Å². The summed E-state index contributed by atoms with van der Waals surface area (Å²) in [5, 5.41) is 21.0. The first-order valence-corrected chi connectivity index (χ1v) is 13.7. The van der Waals surface area contributed by atoms with Gasteiger partial charge in [-0.15, -0.1) is 5.10 Å². The van der Waals surface area contributed by atoms with Crippen molar-refractivity contribution in [2.24, 2.45) is 0 Å². The number of hydrogen-bond acceptors (Lipinski definition) is 8. The Kier molecular flexibility index (Phi) is 11.4. The molecule has 42 heavy (non-hydrogen) atoms. The fourth-order valence-electron chi connectivity index (χ4n) is 4.05. The molecule has 11 nitrogen and oxygen atoms in total. The van der Waals surface area contributed by atoms with Gasteiger partial charge in [0.2, 0.25) is 5.91 Å². The van der Waals surface area contributed by atoms with Crippen molar-refractivity contribution in [2.45, 2.75) is 19.0 Å². The SMILES string of the molecule is COCCOC(=O)NCc1ccc(NC[C@H](Cc2ccccc2)NC(=O)/C=C/c2cc(Cl)ccc2-n2cnnn2)cc1. The molecule has 1 aromatic heterocycles. The van der Waals surface area contributed by atoms with Gasteiger partial charge < -0.3 is 25.4 Å². The van der Waals surface area contributed by atoms with Crippen molar-refractivity contribution in [3.63, 3.8) is 0 Å².